The molecule has 0 spiro atoms. The zero-order valence-corrected chi connectivity index (χ0v) is 19.3. The van der Waals surface area contributed by atoms with E-state index in [1.165, 1.54) is 12.1 Å². The monoisotopic (exact) mass is 486 g/mol. The van der Waals surface area contributed by atoms with Gasteiger partial charge in [-0.15, -0.1) is 0 Å². The lowest BCUT2D eigenvalue weighted by Gasteiger charge is -2.13. The lowest BCUT2D eigenvalue weighted by atomic mass is 10.0. The molecule has 0 fully saturated rings. The molecule has 3 aromatic rings. The van der Waals surface area contributed by atoms with Crippen molar-refractivity contribution in [1.29, 1.82) is 0 Å². The summed E-state index contributed by atoms with van der Waals surface area (Å²) in [7, 11) is 0. The molecule has 8 heteroatoms. The van der Waals surface area contributed by atoms with Gasteiger partial charge in [0.2, 0.25) is 0 Å². The second-order valence-corrected chi connectivity index (χ2v) is 7.72. The van der Waals surface area contributed by atoms with E-state index in [2.05, 4.69) is 0 Å². The maximum Gasteiger partial charge on any atom is 0.305 e. The Morgan fingerprint density at radius 2 is 1.91 bits per heavy atom. The van der Waals surface area contributed by atoms with Crippen LogP contribution in [0.25, 0.3) is 11.1 Å². The second-order valence-electron chi connectivity index (χ2n) is 7.31. The first-order chi connectivity index (χ1) is 16.4. The molecule has 0 amide bonds. The van der Waals surface area contributed by atoms with Gasteiger partial charge in [0.25, 0.3) is 0 Å². The number of hydrogen-bond acceptors (Lipinski definition) is 6. The molecule has 3 aromatic carbocycles. The summed E-state index contributed by atoms with van der Waals surface area (Å²) in [5.74, 6) is -0.320. The highest BCUT2D eigenvalue weighted by atomic mass is 35.5. The molecule has 0 aliphatic carbocycles. The number of hydrogen-bond donors (Lipinski definition) is 1. The minimum Gasteiger partial charge on any atom is -0.507 e. The fourth-order valence-corrected chi connectivity index (χ4v) is 3.45. The maximum atomic E-state index is 15.3. The van der Waals surface area contributed by atoms with E-state index in [-0.39, 0.29) is 46.6 Å². The standard InChI is InChI=1S/C26H24ClFO6/c1-2-32-25(31)10-5-11-33-20-8-3-6-17(12-20)21-9-4-7-18(26(21)28)16-34-24-14-23(30)19(15-29)13-22(24)27/h3-4,6-9,12-15,30H,2,5,10-11,16H2,1H3. The molecule has 0 aliphatic heterocycles. The van der Waals surface area contributed by atoms with Gasteiger partial charge in [0, 0.05) is 23.6 Å². The Hall–Kier alpha value is -3.58. The first-order valence-corrected chi connectivity index (χ1v) is 11.1. The number of aromatic hydroxyl groups is 1. The number of benzene rings is 3. The van der Waals surface area contributed by atoms with Gasteiger partial charge in [0.05, 0.1) is 23.8 Å². The lowest BCUT2D eigenvalue weighted by molar-refractivity contribution is -0.143. The van der Waals surface area contributed by atoms with Gasteiger partial charge in [0.15, 0.2) is 6.29 Å². The molecule has 0 saturated carbocycles. The summed E-state index contributed by atoms with van der Waals surface area (Å²) in [6, 6.07) is 14.5. The van der Waals surface area contributed by atoms with Crippen LogP contribution in [0, 0.1) is 5.82 Å². The quantitative estimate of drug-likeness (QED) is 0.204. The van der Waals surface area contributed by atoms with E-state index >= 15 is 4.39 Å². The van der Waals surface area contributed by atoms with Gasteiger partial charge in [0.1, 0.15) is 29.7 Å². The number of halogens is 2. The highest BCUT2D eigenvalue weighted by molar-refractivity contribution is 6.32. The number of phenols is 1. The number of phenolic OH excluding ortho intramolecular Hbond substituents is 1. The molecule has 0 atom stereocenters. The SMILES string of the molecule is CCOC(=O)CCCOc1cccc(-c2cccc(COc3cc(O)c(C=O)cc3Cl)c2F)c1. The van der Waals surface area contributed by atoms with Crippen LogP contribution in [0.1, 0.15) is 35.7 Å². The van der Waals surface area contributed by atoms with Crippen LogP contribution >= 0.6 is 11.6 Å². The third kappa shape index (κ3) is 6.48. The smallest absolute Gasteiger partial charge is 0.305 e. The summed E-state index contributed by atoms with van der Waals surface area (Å²) < 4.78 is 31.4. The first kappa shape index (κ1) is 25.1. The molecular weight excluding hydrogens is 463 g/mol. The van der Waals surface area contributed by atoms with Crippen molar-refractivity contribution in [3.05, 3.63) is 76.6 Å². The second kappa shape index (κ2) is 12.0. The van der Waals surface area contributed by atoms with E-state index in [9.17, 15) is 14.7 Å². The topological polar surface area (TPSA) is 82.1 Å². The number of rotatable bonds is 11. The zero-order chi connectivity index (χ0) is 24.5. The van der Waals surface area contributed by atoms with Crippen LogP contribution in [0.2, 0.25) is 5.02 Å². The predicted molar refractivity (Wildman–Crippen MR) is 126 cm³/mol. The zero-order valence-electron chi connectivity index (χ0n) is 18.6. The van der Waals surface area contributed by atoms with Gasteiger partial charge in [-0.25, -0.2) is 4.39 Å². The summed E-state index contributed by atoms with van der Waals surface area (Å²) >= 11 is 6.09. The van der Waals surface area contributed by atoms with Crippen molar-refractivity contribution in [2.75, 3.05) is 13.2 Å². The Morgan fingerprint density at radius 3 is 2.68 bits per heavy atom. The first-order valence-electron chi connectivity index (χ1n) is 10.7. The molecule has 6 nitrogen and oxygen atoms in total. The summed E-state index contributed by atoms with van der Waals surface area (Å²) in [4.78, 5) is 22.3. The molecule has 0 unspecified atom stereocenters. The Bertz CT molecular complexity index is 1160. The predicted octanol–water partition coefficient (Wildman–Crippen LogP) is 5.97. The Morgan fingerprint density at radius 1 is 1.12 bits per heavy atom. The molecular formula is C26H24ClFO6. The van der Waals surface area contributed by atoms with E-state index in [0.29, 0.717) is 42.8 Å². The Balaban J connectivity index is 1.69. The van der Waals surface area contributed by atoms with Crippen molar-refractivity contribution < 1.29 is 33.3 Å². The number of aldehydes is 1. The fourth-order valence-electron chi connectivity index (χ4n) is 3.23. The summed E-state index contributed by atoms with van der Waals surface area (Å²) in [6.45, 7) is 2.30. The minimum absolute atomic E-state index is 0.0357. The average Bonchev–Trinajstić information content (AvgIpc) is 2.83. The molecule has 0 heterocycles. The van der Waals surface area contributed by atoms with Gasteiger partial charge in [-0.3, -0.25) is 9.59 Å². The third-order valence-corrected chi connectivity index (χ3v) is 5.21. The van der Waals surface area contributed by atoms with Crippen molar-refractivity contribution in [3.63, 3.8) is 0 Å². The van der Waals surface area contributed by atoms with E-state index < -0.39 is 5.82 Å². The number of carbonyl (C=O) groups excluding carboxylic acids is 2. The van der Waals surface area contributed by atoms with Crippen molar-refractivity contribution in [3.8, 4) is 28.4 Å². The highest BCUT2D eigenvalue weighted by Crippen LogP contribution is 2.33. The Kier molecular flexibility index (Phi) is 8.87. The van der Waals surface area contributed by atoms with Crippen LogP contribution in [0.3, 0.4) is 0 Å². The number of esters is 1. The van der Waals surface area contributed by atoms with Crippen molar-refractivity contribution >= 4 is 23.9 Å². The molecule has 178 valence electrons. The molecule has 0 aromatic heterocycles. The van der Waals surface area contributed by atoms with Gasteiger partial charge in [-0.2, -0.15) is 0 Å². The number of ether oxygens (including phenoxy) is 3. The van der Waals surface area contributed by atoms with Gasteiger partial charge in [-0.1, -0.05) is 41.9 Å². The van der Waals surface area contributed by atoms with Crippen LogP contribution in [0.5, 0.6) is 17.2 Å². The van der Waals surface area contributed by atoms with Gasteiger partial charge < -0.3 is 19.3 Å². The lowest BCUT2D eigenvalue weighted by Crippen LogP contribution is -2.06. The normalized spacial score (nSPS) is 10.6. The molecule has 0 saturated heterocycles. The van der Waals surface area contributed by atoms with Crippen LogP contribution < -0.4 is 9.47 Å². The van der Waals surface area contributed by atoms with Crippen molar-refractivity contribution in [1.82, 2.24) is 0 Å². The van der Waals surface area contributed by atoms with E-state index in [1.807, 2.05) is 0 Å². The van der Waals surface area contributed by atoms with Gasteiger partial charge >= 0.3 is 5.97 Å². The summed E-state index contributed by atoms with van der Waals surface area (Å²) in [6.07, 6.45) is 1.26. The Labute approximate surface area is 201 Å². The fraction of sp³-hybridized carbons (Fsp3) is 0.231. The van der Waals surface area contributed by atoms with Crippen LogP contribution in [0.15, 0.2) is 54.6 Å². The van der Waals surface area contributed by atoms with E-state index in [1.54, 1.807) is 49.4 Å². The maximum absolute atomic E-state index is 15.3. The molecule has 0 bridgehead atoms. The van der Waals surface area contributed by atoms with E-state index in [0.717, 1.165) is 0 Å². The largest absolute Gasteiger partial charge is 0.507 e. The molecule has 3 rings (SSSR count). The van der Waals surface area contributed by atoms with Crippen LogP contribution in [-0.4, -0.2) is 30.6 Å². The van der Waals surface area contributed by atoms with Crippen molar-refractivity contribution in [2.24, 2.45) is 0 Å². The minimum atomic E-state index is -0.466. The third-order valence-electron chi connectivity index (χ3n) is 4.91. The van der Waals surface area contributed by atoms with Crippen LogP contribution in [0.4, 0.5) is 4.39 Å². The van der Waals surface area contributed by atoms with Gasteiger partial charge in [-0.05, 0) is 37.1 Å². The average molecular weight is 487 g/mol. The molecule has 1 N–H and O–H groups in total. The number of carbonyl (C=O) groups is 2. The molecule has 34 heavy (non-hydrogen) atoms. The molecule has 0 aliphatic rings. The highest BCUT2D eigenvalue weighted by Gasteiger charge is 2.14. The van der Waals surface area contributed by atoms with Crippen LogP contribution in [-0.2, 0) is 16.1 Å². The van der Waals surface area contributed by atoms with Crippen molar-refractivity contribution in [2.45, 2.75) is 26.4 Å². The molecule has 0 radical (unpaired) electrons. The summed E-state index contributed by atoms with van der Waals surface area (Å²) in [5.41, 5.74) is 1.30. The summed E-state index contributed by atoms with van der Waals surface area (Å²) in [5, 5.41) is 9.97. The van der Waals surface area contributed by atoms with E-state index in [4.69, 9.17) is 25.8 Å².